The van der Waals surface area contributed by atoms with E-state index in [9.17, 15) is 13.2 Å². The van der Waals surface area contributed by atoms with Crippen molar-refractivity contribution in [1.29, 1.82) is 0 Å². The zero-order valence-corrected chi connectivity index (χ0v) is 19.3. The van der Waals surface area contributed by atoms with Gasteiger partial charge in [-0.15, -0.1) is 0 Å². The van der Waals surface area contributed by atoms with Crippen molar-refractivity contribution in [2.75, 3.05) is 22.8 Å². The van der Waals surface area contributed by atoms with Gasteiger partial charge < -0.3 is 10.1 Å². The minimum atomic E-state index is -3.65. The summed E-state index contributed by atoms with van der Waals surface area (Å²) in [7, 11) is -3.65. The number of ether oxygens (including phenoxy) is 1. The molecule has 1 aliphatic heterocycles. The maximum absolute atomic E-state index is 13.1. The lowest BCUT2D eigenvalue weighted by Crippen LogP contribution is -2.35. The quantitative estimate of drug-likeness (QED) is 0.518. The van der Waals surface area contributed by atoms with Gasteiger partial charge in [-0.3, -0.25) is 9.10 Å². The highest BCUT2D eigenvalue weighted by molar-refractivity contribution is 7.92. The third-order valence-corrected chi connectivity index (χ3v) is 7.38. The van der Waals surface area contributed by atoms with Gasteiger partial charge in [0.05, 0.1) is 15.6 Å². The van der Waals surface area contributed by atoms with Gasteiger partial charge in [-0.2, -0.15) is 0 Å². The molecular weight excluding hydrogens is 471 g/mol. The van der Waals surface area contributed by atoms with Crippen molar-refractivity contribution < 1.29 is 17.9 Å². The van der Waals surface area contributed by atoms with E-state index in [2.05, 4.69) is 5.32 Å². The summed E-state index contributed by atoms with van der Waals surface area (Å²) in [5, 5.41) is 3.57. The van der Waals surface area contributed by atoms with Crippen LogP contribution in [0.5, 0.6) is 5.75 Å². The number of hydrogen-bond acceptors (Lipinski definition) is 4. The van der Waals surface area contributed by atoms with Crippen molar-refractivity contribution in [1.82, 2.24) is 0 Å². The van der Waals surface area contributed by atoms with Gasteiger partial charge >= 0.3 is 0 Å². The SMILES string of the molecule is O=C(COc1ccc(Cl)cc1Cl)Nc1ccc2c(c1)CCCN2S(=O)(=O)c1ccccc1. The molecule has 0 radical (unpaired) electrons. The molecule has 0 saturated carbocycles. The summed E-state index contributed by atoms with van der Waals surface area (Å²) in [6.45, 7) is 0.179. The van der Waals surface area contributed by atoms with Crippen molar-refractivity contribution >= 4 is 50.5 Å². The Morgan fingerprint density at radius 2 is 1.81 bits per heavy atom. The van der Waals surface area contributed by atoms with Crippen LogP contribution in [0.4, 0.5) is 11.4 Å². The molecule has 4 rings (SSSR count). The number of rotatable bonds is 6. The smallest absolute Gasteiger partial charge is 0.264 e. The van der Waals surface area contributed by atoms with E-state index in [0.717, 1.165) is 12.0 Å². The largest absolute Gasteiger partial charge is 0.482 e. The maximum atomic E-state index is 13.1. The molecular formula is C23H20Cl2N2O4S. The van der Waals surface area contributed by atoms with E-state index in [1.807, 2.05) is 0 Å². The Labute approximate surface area is 196 Å². The number of sulfonamides is 1. The summed E-state index contributed by atoms with van der Waals surface area (Å²) in [6.07, 6.45) is 1.41. The second-order valence-electron chi connectivity index (χ2n) is 7.25. The number of benzene rings is 3. The number of hydrogen-bond donors (Lipinski definition) is 1. The van der Waals surface area contributed by atoms with Crippen molar-refractivity contribution in [2.45, 2.75) is 17.7 Å². The molecule has 32 heavy (non-hydrogen) atoms. The van der Waals surface area contributed by atoms with E-state index in [1.54, 1.807) is 60.7 Å². The predicted octanol–water partition coefficient (Wildman–Crippen LogP) is 5.15. The van der Waals surface area contributed by atoms with Crippen LogP contribution in [0, 0.1) is 0 Å². The lowest BCUT2D eigenvalue weighted by atomic mass is 10.0. The van der Waals surface area contributed by atoms with Gasteiger partial charge in [0.2, 0.25) is 0 Å². The second-order valence-corrected chi connectivity index (χ2v) is 9.95. The molecule has 6 nitrogen and oxygen atoms in total. The molecule has 0 saturated heterocycles. The number of nitrogens with zero attached hydrogens (tertiary/aromatic N) is 1. The van der Waals surface area contributed by atoms with Gasteiger partial charge in [-0.05, 0) is 66.9 Å². The average molecular weight is 491 g/mol. The summed E-state index contributed by atoms with van der Waals surface area (Å²) in [4.78, 5) is 12.6. The van der Waals surface area contributed by atoms with Crippen molar-refractivity contribution in [2.24, 2.45) is 0 Å². The molecule has 9 heteroatoms. The van der Waals surface area contributed by atoms with Crippen LogP contribution in [-0.2, 0) is 21.2 Å². The van der Waals surface area contributed by atoms with E-state index in [-0.39, 0.29) is 17.4 Å². The lowest BCUT2D eigenvalue weighted by molar-refractivity contribution is -0.118. The standard InChI is InChI=1S/C23H20Cl2N2O4S/c24-17-8-11-22(20(25)14-17)31-15-23(28)26-18-9-10-21-16(13-18)5-4-12-27(21)32(29,30)19-6-2-1-3-7-19/h1-3,6-11,13-14H,4-5,12,15H2,(H,26,28). The van der Waals surface area contributed by atoms with Gasteiger partial charge in [-0.25, -0.2) is 8.42 Å². The first-order valence-electron chi connectivity index (χ1n) is 9.93. The third kappa shape index (κ3) is 4.85. The molecule has 0 fully saturated rings. The Morgan fingerprint density at radius 3 is 2.56 bits per heavy atom. The summed E-state index contributed by atoms with van der Waals surface area (Å²) >= 11 is 11.9. The maximum Gasteiger partial charge on any atom is 0.264 e. The van der Waals surface area contributed by atoms with Crippen LogP contribution in [0.3, 0.4) is 0 Å². The Kier molecular flexibility index (Phi) is 6.60. The van der Waals surface area contributed by atoms with Gasteiger partial charge in [0.1, 0.15) is 5.75 Å². The Morgan fingerprint density at radius 1 is 1.03 bits per heavy atom. The predicted molar refractivity (Wildman–Crippen MR) is 126 cm³/mol. The van der Waals surface area contributed by atoms with Crippen molar-refractivity contribution in [3.63, 3.8) is 0 Å². The highest BCUT2D eigenvalue weighted by Crippen LogP contribution is 2.34. The first kappa shape index (κ1) is 22.5. The molecule has 1 aliphatic rings. The molecule has 0 aromatic heterocycles. The third-order valence-electron chi connectivity index (χ3n) is 5.02. The highest BCUT2D eigenvalue weighted by Gasteiger charge is 2.29. The second kappa shape index (κ2) is 9.40. The molecule has 0 aliphatic carbocycles. The van der Waals surface area contributed by atoms with E-state index in [4.69, 9.17) is 27.9 Å². The number of fused-ring (bicyclic) bond motifs is 1. The van der Waals surface area contributed by atoms with Crippen LogP contribution in [0.15, 0.2) is 71.6 Å². The monoisotopic (exact) mass is 490 g/mol. The van der Waals surface area contributed by atoms with Crippen molar-refractivity contribution in [3.8, 4) is 5.75 Å². The molecule has 3 aromatic carbocycles. The van der Waals surface area contributed by atoms with E-state index in [0.29, 0.717) is 40.1 Å². The fraction of sp³-hybridized carbons (Fsp3) is 0.174. The fourth-order valence-electron chi connectivity index (χ4n) is 3.54. The number of amides is 1. The average Bonchev–Trinajstić information content (AvgIpc) is 2.78. The van der Waals surface area contributed by atoms with Crippen LogP contribution in [0.25, 0.3) is 0 Å². The first-order valence-corrected chi connectivity index (χ1v) is 12.1. The fourth-order valence-corrected chi connectivity index (χ4v) is 5.57. The van der Waals surface area contributed by atoms with Gasteiger partial charge in [-0.1, -0.05) is 41.4 Å². The van der Waals surface area contributed by atoms with Crippen molar-refractivity contribution in [3.05, 3.63) is 82.3 Å². The van der Waals surface area contributed by atoms with Gasteiger partial charge in [0, 0.05) is 17.3 Å². The number of carbonyl (C=O) groups is 1. The molecule has 0 bridgehead atoms. The van der Waals surface area contributed by atoms with Crippen LogP contribution >= 0.6 is 23.2 Å². The van der Waals surface area contributed by atoms with Crippen LogP contribution < -0.4 is 14.4 Å². The minimum Gasteiger partial charge on any atom is -0.482 e. The normalized spacial score (nSPS) is 13.4. The lowest BCUT2D eigenvalue weighted by Gasteiger charge is -2.30. The highest BCUT2D eigenvalue weighted by atomic mass is 35.5. The Balaban J connectivity index is 1.47. The number of aryl methyl sites for hydroxylation is 1. The Hall–Kier alpha value is -2.74. The van der Waals surface area contributed by atoms with E-state index < -0.39 is 10.0 Å². The molecule has 0 unspecified atom stereocenters. The molecule has 3 aromatic rings. The van der Waals surface area contributed by atoms with Gasteiger partial charge in [0.15, 0.2) is 6.61 Å². The summed E-state index contributed by atoms with van der Waals surface area (Å²) in [5.41, 5.74) is 2.05. The molecule has 166 valence electrons. The number of nitrogens with one attached hydrogen (secondary N) is 1. The molecule has 1 N–H and O–H groups in total. The van der Waals surface area contributed by atoms with E-state index >= 15 is 0 Å². The molecule has 0 spiro atoms. The van der Waals surface area contributed by atoms with Crippen LogP contribution in [0.1, 0.15) is 12.0 Å². The summed E-state index contributed by atoms with van der Waals surface area (Å²) in [5.74, 6) is -0.000965. The topological polar surface area (TPSA) is 75.7 Å². The Bertz CT molecular complexity index is 1250. The zero-order valence-electron chi connectivity index (χ0n) is 16.9. The number of anilines is 2. The zero-order chi connectivity index (χ0) is 22.7. The number of halogens is 2. The molecule has 1 amide bonds. The minimum absolute atomic E-state index is 0.229. The molecule has 1 heterocycles. The van der Waals surface area contributed by atoms with Gasteiger partial charge in [0.25, 0.3) is 15.9 Å². The summed E-state index contributed by atoms with van der Waals surface area (Å²) in [6, 6.07) is 18.3. The summed E-state index contributed by atoms with van der Waals surface area (Å²) < 4.78 is 33.1. The first-order chi connectivity index (χ1) is 15.3. The van der Waals surface area contributed by atoms with Crippen LogP contribution in [-0.4, -0.2) is 27.5 Å². The van der Waals surface area contributed by atoms with E-state index in [1.165, 1.54) is 10.4 Å². The van der Waals surface area contributed by atoms with Crippen LogP contribution in [0.2, 0.25) is 10.0 Å². The molecule has 0 atom stereocenters. The number of carbonyl (C=O) groups excluding carboxylic acids is 1.